The maximum absolute atomic E-state index is 11.5. The number of anilines is 1. The van der Waals surface area contributed by atoms with Crippen LogP contribution in [-0.4, -0.2) is 28.0 Å². The molecule has 0 aromatic heterocycles. The predicted molar refractivity (Wildman–Crippen MR) is 73.3 cm³/mol. The molecule has 0 aliphatic rings. The number of hydrogen-bond donors (Lipinski definition) is 3. The number of rotatable bonds is 3. The van der Waals surface area contributed by atoms with Gasteiger partial charge in [0.15, 0.2) is 0 Å². The van der Waals surface area contributed by atoms with E-state index in [0.717, 1.165) is 0 Å². The largest absolute Gasteiger partial charge is 0.508 e. The zero-order valence-corrected chi connectivity index (χ0v) is 11.7. The molecule has 5 nitrogen and oxygen atoms in total. The number of benzene rings is 1. The number of carbonyl (C=O) groups is 1. The Hall–Kier alpha value is -1.75. The molecule has 1 atom stereocenters. The average Bonchev–Trinajstić information content (AvgIpc) is 2.18. The summed E-state index contributed by atoms with van der Waals surface area (Å²) in [6.45, 7) is 6.97. The summed E-state index contributed by atoms with van der Waals surface area (Å²) in [4.78, 5) is 11.5. The zero-order chi connectivity index (χ0) is 14.6. The van der Waals surface area contributed by atoms with Crippen LogP contribution in [0.4, 0.5) is 10.5 Å². The third-order valence-electron chi connectivity index (χ3n) is 2.25. The van der Waals surface area contributed by atoms with Crippen LogP contribution in [0.1, 0.15) is 33.3 Å². The monoisotopic (exact) mass is 267 g/mol. The van der Waals surface area contributed by atoms with E-state index in [1.165, 1.54) is 6.07 Å². The van der Waals surface area contributed by atoms with Crippen LogP contribution in [0.5, 0.6) is 5.75 Å². The number of aliphatic hydroxyl groups is 1. The minimum absolute atomic E-state index is 0.0365. The molecule has 0 unspecified atom stereocenters. The SMILES string of the molecule is C[C@@H](O)Cc1ccc(NC(=O)OC(C)(C)C)cc1O. The molecule has 0 saturated heterocycles. The van der Waals surface area contributed by atoms with E-state index in [1.807, 2.05) is 0 Å². The fourth-order valence-electron chi connectivity index (χ4n) is 1.55. The molecule has 1 aromatic rings. The van der Waals surface area contributed by atoms with Crippen molar-refractivity contribution in [3.05, 3.63) is 23.8 Å². The van der Waals surface area contributed by atoms with Crippen LogP contribution in [0.15, 0.2) is 18.2 Å². The highest BCUT2D eigenvalue weighted by molar-refractivity contribution is 5.85. The van der Waals surface area contributed by atoms with Gasteiger partial charge in [0.2, 0.25) is 0 Å². The smallest absolute Gasteiger partial charge is 0.412 e. The lowest BCUT2D eigenvalue weighted by molar-refractivity contribution is 0.0636. The van der Waals surface area contributed by atoms with Gasteiger partial charge in [0, 0.05) is 18.2 Å². The van der Waals surface area contributed by atoms with Crippen molar-refractivity contribution >= 4 is 11.8 Å². The maximum atomic E-state index is 11.5. The first-order valence-electron chi connectivity index (χ1n) is 6.17. The molecule has 0 saturated carbocycles. The van der Waals surface area contributed by atoms with Gasteiger partial charge in [0.25, 0.3) is 0 Å². The molecule has 1 aromatic carbocycles. The molecule has 0 fully saturated rings. The van der Waals surface area contributed by atoms with E-state index in [-0.39, 0.29) is 5.75 Å². The summed E-state index contributed by atoms with van der Waals surface area (Å²) in [6, 6.07) is 4.75. The number of amides is 1. The maximum Gasteiger partial charge on any atom is 0.412 e. The molecule has 106 valence electrons. The number of nitrogens with one attached hydrogen (secondary N) is 1. The summed E-state index contributed by atoms with van der Waals surface area (Å²) in [5.74, 6) is 0.0365. The first kappa shape index (κ1) is 15.3. The Morgan fingerprint density at radius 2 is 2.05 bits per heavy atom. The number of phenols is 1. The Kier molecular flexibility index (Phi) is 4.78. The molecule has 0 aliphatic heterocycles. The first-order valence-corrected chi connectivity index (χ1v) is 6.17. The van der Waals surface area contributed by atoms with Crippen molar-refractivity contribution in [1.29, 1.82) is 0 Å². The Morgan fingerprint density at radius 3 is 2.53 bits per heavy atom. The molecule has 0 bridgehead atoms. The van der Waals surface area contributed by atoms with Gasteiger partial charge in [-0.15, -0.1) is 0 Å². The van der Waals surface area contributed by atoms with Crippen LogP contribution >= 0.6 is 0 Å². The summed E-state index contributed by atoms with van der Waals surface area (Å²) < 4.78 is 5.10. The minimum Gasteiger partial charge on any atom is -0.508 e. The number of carbonyl (C=O) groups excluding carboxylic acids is 1. The highest BCUT2D eigenvalue weighted by Crippen LogP contribution is 2.23. The summed E-state index contributed by atoms with van der Waals surface area (Å²) >= 11 is 0. The summed E-state index contributed by atoms with van der Waals surface area (Å²) in [7, 11) is 0. The second-order valence-electron chi connectivity index (χ2n) is 5.52. The highest BCUT2D eigenvalue weighted by Gasteiger charge is 2.16. The van der Waals surface area contributed by atoms with E-state index in [4.69, 9.17) is 4.74 Å². The molecule has 5 heteroatoms. The summed E-state index contributed by atoms with van der Waals surface area (Å²) in [5.41, 5.74) is 0.504. The molecule has 0 radical (unpaired) electrons. The van der Waals surface area contributed by atoms with E-state index in [9.17, 15) is 15.0 Å². The number of phenolic OH excluding ortho intramolecular Hbond substituents is 1. The van der Waals surface area contributed by atoms with Crippen LogP contribution in [0.3, 0.4) is 0 Å². The van der Waals surface area contributed by atoms with Crippen molar-refractivity contribution in [2.75, 3.05) is 5.32 Å². The Labute approximate surface area is 113 Å². The van der Waals surface area contributed by atoms with Gasteiger partial charge in [-0.3, -0.25) is 5.32 Å². The molecular weight excluding hydrogens is 246 g/mol. The van der Waals surface area contributed by atoms with Crippen molar-refractivity contribution < 1.29 is 19.7 Å². The number of aromatic hydroxyl groups is 1. The second-order valence-corrected chi connectivity index (χ2v) is 5.52. The average molecular weight is 267 g/mol. The molecular formula is C14H21NO4. The highest BCUT2D eigenvalue weighted by atomic mass is 16.6. The third-order valence-corrected chi connectivity index (χ3v) is 2.25. The van der Waals surface area contributed by atoms with Gasteiger partial charge in [-0.25, -0.2) is 4.79 Å². The fourth-order valence-corrected chi connectivity index (χ4v) is 1.55. The molecule has 0 spiro atoms. The van der Waals surface area contributed by atoms with Crippen molar-refractivity contribution in [2.24, 2.45) is 0 Å². The summed E-state index contributed by atoms with van der Waals surface area (Å²) in [6.07, 6.45) is -0.746. The Balaban J connectivity index is 2.71. The van der Waals surface area contributed by atoms with Gasteiger partial charge >= 0.3 is 6.09 Å². The topological polar surface area (TPSA) is 78.8 Å². The normalized spacial score (nSPS) is 12.9. The van der Waals surface area contributed by atoms with E-state index in [0.29, 0.717) is 17.7 Å². The lowest BCUT2D eigenvalue weighted by Gasteiger charge is -2.19. The number of aliphatic hydroxyl groups excluding tert-OH is 1. The zero-order valence-electron chi connectivity index (χ0n) is 11.7. The molecule has 3 N–H and O–H groups in total. The van der Waals surface area contributed by atoms with Crippen LogP contribution in [0.25, 0.3) is 0 Å². The van der Waals surface area contributed by atoms with Crippen LogP contribution in [0, 0.1) is 0 Å². The van der Waals surface area contributed by atoms with Gasteiger partial charge in [-0.2, -0.15) is 0 Å². The third kappa shape index (κ3) is 5.61. The standard InChI is InChI=1S/C14H21NO4/c1-9(16)7-10-5-6-11(8-12(10)17)15-13(18)19-14(2,3)4/h5-6,8-9,16-17H,7H2,1-4H3,(H,15,18)/t9-/m1/s1. The Bertz CT molecular complexity index is 449. The number of ether oxygens (including phenoxy) is 1. The first-order chi connectivity index (χ1) is 8.67. The van der Waals surface area contributed by atoms with Crippen LogP contribution < -0.4 is 5.32 Å². The van der Waals surface area contributed by atoms with Gasteiger partial charge in [0.1, 0.15) is 11.4 Å². The van der Waals surface area contributed by atoms with Crippen molar-refractivity contribution in [1.82, 2.24) is 0 Å². The molecule has 0 heterocycles. The molecule has 19 heavy (non-hydrogen) atoms. The van der Waals surface area contributed by atoms with Gasteiger partial charge in [0.05, 0.1) is 6.10 Å². The van der Waals surface area contributed by atoms with Gasteiger partial charge < -0.3 is 14.9 Å². The van der Waals surface area contributed by atoms with Gasteiger partial charge in [-0.05, 0) is 39.3 Å². The van der Waals surface area contributed by atoms with E-state index >= 15 is 0 Å². The van der Waals surface area contributed by atoms with Crippen LogP contribution in [-0.2, 0) is 11.2 Å². The van der Waals surface area contributed by atoms with E-state index in [2.05, 4.69) is 5.32 Å². The second kappa shape index (κ2) is 5.93. The van der Waals surface area contributed by atoms with Crippen molar-refractivity contribution in [3.8, 4) is 5.75 Å². The fraction of sp³-hybridized carbons (Fsp3) is 0.500. The van der Waals surface area contributed by atoms with Gasteiger partial charge in [-0.1, -0.05) is 6.07 Å². The lowest BCUT2D eigenvalue weighted by Crippen LogP contribution is -2.27. The predicted octanol–water partition coefficient (Wildman–Crippen LogP) is 2.66. The molecule has 1 amide bonds. The van der Waals surface area contributed by atoms with Crippen molar-refractivity contribution in [3.63, 3.8) is 0 Å². The number of hydrogen-bond acceptors (Lipinski definition) is 4. The Morgan fingerprint density at radius 1 is 1.42 bits per heavy atom. The molecule has 1 rings (SSSR count). The van der Waals surface area contributed by atoms with E-state index in [1.54, 1.807) is 39.8 Å². The summed E-state index contributed by atoms with van der Waals surface area (Å²) in [5, 5.41) is 21.6. The minimum atomic E-state index is -0.574. The quantitative estimate of drug-likeness (QED) is 0.786. The van der Waals surface area contributed by atoms with Crippen LogP contribution in [0.2, 0.25) is 0 Å². The van der Waals surface area contributed by atoms with Crippen molar-refractivity contribution in [2.45, 2.75) is 45.8 Å². The molecule has 0 aliphatic carbocycles. The lowest BCUT2D eigenvalue weighted by atomic mass is 10.1. The van der Waals surface area contributed by atoms with E-state index < -0.39 is 17.8 Å².